The van der Waals surface area contributed by atoms with Crippen LogP contribution in [0.15, 0.2) is 29.2 Å². The highest BCUT2D eigenvalue weighted by molar-refractivity contribution is 7.89. The van der Waals surface area contributed by atoms with E-state index in [2.05, 4.69) is 16.5 Å². The molecule has 136 valence electrons. The maximum absolute atomic E-state index is 12.4. The van der Waals surface area contributed by atoms with Crippen LogP contribution >= 0.6 is 0 Å². The summed E-state index contributed by atoms with van der Waals surface area (Å²) in [6.07, 6.45) is 4.10. The first-order valence-electron chi connectivity index (χ1n) is 8.85. The molecule has 0 aromatic heterocycles. The number of nitrogens with one attached hydrogen (secondary N) is 1. The molecule has 1 N–H and O–H groups in total. The summed E-state index contributed by atoms with van der Waals surface area (Å²) < 4.78 is 32.7. The fourth-order valence-corrected chi connectivity index (χ4v) is 4.19. The first-order valence-corrected chi connectivity index (χ1v) is 10.3. The van der Waals surface area contributed by atoms with E-state index in [4.69, 9.17) is 4.74 Å². The lowest BCUT2D eigenvalue weighted by atomic mass is 9.97. The number of hydrogen-bond acceptors (Lipinski definition) is 4. The third kappa shape index (κ3) is 5.84. The third-order valence-electron chi connectivity index (χ3n) is 4.65. The zero-order valence-electron chi connectivity index (χ0n) is 14.8. The molecule has 0 atom stereocenters. The molecule has 0 unspecified atom stereocenters. The van der Waals surface area contributed by atoms with E-state index in [0.29, 0.717) is 17.4 Å². The highest BCUT2D eigenvalue weighted by Crippen LogP contribution is 2.18. The summed E-state index contributed by atoms with van der Waals surface area (Å²) >= 11 is 0. The van der Waals surface area contributed by atoms with Gasteiger partial charge >= 0.3 is 0 Å². The molecule has 1 aromatic carbocycles. The van der Waals surface area contributed by atoms with Crippen LogP contribution in [0.1, 0.15) is 31.7 Å². The van der Waals surface area contributed by atoms with Gasteiger partial charge in [0.2, 0.25) is 10.0 Å². The van der Waals surface area contributed by atoms with Gasteiger partial charge in [0.25, 0.3) is 0 Å². The Kier molecular flexibility index (Phi) is 7.68. The fourth-order valence-electron chi connectivity index (χ4n) is 3.07. The zero-order valence-corrected chi connectivity index (χ0v) is 15.6. The number of methoxy groups -OCH3 is 1. The van der Waals surface area contributed by atoms with E-state index >= 15 is 0 Å². The normalized spacial score (nSPS) is 17.2. The fraction of sp³-hybridized carbons (Fsp3) is 0.667. The van der Waals surface area contributed by atoms with Crippen LogP contribution in [-0.4, -0.2) is 53.2 Å². The summed E-state index contributed by atoms with van der Waals surface area (Å²) in [6, 6.07) is 7.24. The van der Waals surface area contributed by atoms with Crippen LogP contribution in [0.25, 0.3) is 0 Å². The Morgan fingerprint density at radius 1 is 1.21 bits per heavy atom. The van der Waals surface area contributed by atoms with Gasteiger partial charge in [0.05, 0.1) is 11.5 Å². The second kappa shape index (κ2) is 9.51. The predicted molar refractivity (Wildman–Crippen MR) is 96.7 cm³/mol. The molecule has 2 rings (SSSR count). The number of ether oxygens (including phenoxy) is 1. The first kappa shape index (κ1) is 19.4. The van der Waals surface area contributed by atoms with Crippen molar-refractivity contribution in [2.45, 2.75) is 37.5 Å². The average Bonchev–Trinajstić information content (AvgIpc) is 2.60. The van der Waals surface area contributed by atoms with Crippen LogP contribution < -0.4 is 4.72 Å². The number of hydrogen-bond donors (Lipinski definition) is 1. The SMILES string of the molecule is CCCc1ccc(S(=O)(=O)NCC2CCN(CCOC)CC2)cc1. The van der Waals surface area contributed by atoms with Crippen molar-refractivity contribution in [2.75, 3.05) is 39.9 Å². The molecule has 5 nitrogen and oxygen atoms in total. The molecule has 0 bridgehead atoms. The number of aryl methyl sites for hydroxylation is 1. The van der Waals surface area contributed by atoms with E-state index in [1.165, 1.54) is 5.56 Å². The van der Waals surface area contributed by atoms with Crippen molar-refractivity contribution >= 4 is 10.0 Å². The van der Waals surface area contributed by atoms with Crippen molar-refractivity contribution < 1.29 is 13.2 Å². The second-order valence-electron chi connectivity index (χ2n) is 6.52. The van der Waals surface area contributed by atoms with E-state index in [0.717, 1.165) is 51.9 Å². The molecule has 0 aliphatic carbocycles. The molecule has 0 spiro atoms. The van der Waals surface area contributed by atoms with E-state index in [9.17, 15) is 8.42 Å². The van der Waals surface area contributed by atoms with Gasteiger partial charge < -0.3 is 9.64 Å². The minimum atomic E-state index is -3.40. The van der Waals surface area contributed by atoms with Gasteiger partial charge in [-0.2, -0.15) is 0 Å². The van der Waals surface area contributed by atoms with Crippen molar-refractivity contribution in [3.63, 3.8) is 0 Å². The van der Waals surface area contributed by atoms with Crippen LogP contribution in [0.5, 0.6) is 0 Å². The third-order valence-corrected chi connectivity index (χ3v) is 6.09. The Balaban J connectivity index is 1.80. The monoisotopic (exact) mass is 354 g/mol. The summed E-state index contributed by atoms with van der Waals surface area (Å²) in [5.74, 6) is 0.415. The quantitative estimate of drug-likeness (QED) is 0.739. The van der Waals surface area contributed by atoms with E-state index in [-0.39, 0.29) is 0 Å². The van der Waals surface area contributed by atoms with Crippen molar-refractivity contribution in [3.8, 4) is 0 Å². The average molecular weight is 355 g/mol. The van der Waals surface area contributed by atoms with Gasteiger partial charge in [-0.05, 0) is 56.0 Å². The van der Waals surface area contributed by atoms with Gasteiger partial charge in [0.1, 0.15) is 0 Å². The molecule has 1 aliphatic rings. The number of likely N-dealkylation sites (tertiary alicyclic amines) is 1. The van der Waals surface area contributed by atoms with Gasteiger partial charge in [-0.1, -0.05) is 25.5 Å². The molecular weight excluding hydrogens is 324 g/mol. The Labute approximate surface area is 146 Å². The smallest absolute Gasteiger partial charge is 0.240 e. The highest BCUT2D eigenvalue weighted by Gasteiger charge is 2.21. The predicted octanol–water partition coefficient (Wildman–Crippen LogP) is 2.28. The highest BCUT2D eigenvalue weighted by atomic mass is 32.2. The minimum Gasteiger partial charge on any atom is -0.383 e. The Hall–Kier alpha value is -0.950. The molecule has 6 heteroatoms. The Bertz CT molecular complexity index is 579. The molecule has 0 radical (unpaired) electrons. The van der Waals surface area contributed by atoms with Crippen molar-refractivity contribution in [1.82, 2.24) is 9.62 Å². The standard InChI is InChI=1S/C18H30N2O3S/c1-3-4-16-5-7-18(8-6-16)24(21,22)19-15-17-9-11-20(12-10-17)13-14-23-2/h5-8,17,19H,3-4,9-15H2,1-2H3. The zero-order chi connectivity index (χ0) is 17.4. The largest absolute Gasteiger partial charge is 0.383 e. The summed E-state index contributed by atoms with van der Waals surface area (Å²) in [5, 5.41) is 0. The molecule has 24 heavy (non-hydrogen) atoms. The molecule has 1 heterocycles. The van der Waals surface area contributed by atoms with Gasteiger partial charge in [-0.3, -0.25) is 0 Å². The summed E-state index contributed by atoms with van der Waals surface area (Å²) in [5.41, 5.74) is 1.18. The Morgan fingerprint density at radius 3 is 2.46 bits per heavy atom. The lowest BCUT2D eigenvalue weighted by Gasteiger charge is -2.31. The molecule has 1 saturated heterocycles. The molecule has 0 amide bonds. The number of rotatable bonds is 9. The number of benzene rings is 1. The first-order chi connectivity index (χ1) is 11.5. The summed E-state index contributed by atoms with van der Waals surface area (Å²) in [7, 11) is -1.68. The van der Waals surface area contributed by atoms with Gasteiger partial charge in [0, 0.05) is 20.2 Å². The lowest BCUT2D eigenvalue weighted by Crippen LogP contribution is -2.39. The lowest BCUT2D eigenvalue weighted by molar-refractivity contribution is 0.121. The topological polar surface area (TPSA) is 58.6 Å². The van der Waals surface area contributed by atoms with Gasteiger partial charge in [-0.25, -0.2) is 13.1 Å². The maximum Gasteiger partial charge on any atom is 0.240 e. The van der Waals surface area contributed by atoms with Gasteiger partial charge in [0.15, 0.2) is 0 Å². The number of nitrogens with zero attached hydrogens (tertiary/aromatic N) is 1. The maximum atomic E-state index is 12.4. The Morgan fingerprint density at radius 2 is 1.88 bits per heavy atom. The van der Waals surface area contributed by atoms with Crippen LogP contribution in [0, 0.1) is 5.92 Å². The van der Waals surface area contributed by atoms with Crippen LogP contribution in [0.2, 0.25) is 0 Å². The van der Waals surface area contributed by atoms with E-state index in [1.807, 2.05) is 12.1 Å². The summed E-state index contributed by atoms with van der Waals surface area (Å²) in [4.78, 5) is 2.74. The summed E-state index contributed by atoms with van der Waals surface area (Å²) in [6.45, 7) is 6.39. The number of piperidine rings is 1. The van der Waals surface area contributed by atoms with Crippen LogP contribution in [0.4, 0.5) is 0 Å². The minimum absolute atomic E-state index is 0.361. The molecule has 1 aliphatic heterocycles. The molecule has 0 saturated carbocycles. The van der Waals surface area contributed by atoms with Crippen molar-refractivity contribution in [3.05, 3.63) is 29.8 Å². The number of sulfonamides is 1. The van der Waals surface area contributed by atoms with E-state index in [1.54, 1.807) is 19.2 Å². The molecule has 1 aromatic rings. The molecular formula is C18H30N2O3S. The van der Waals surface area contributed by atoms with E-state index < -0.39 is 10.0 Å². The molecule has 1 fully saturated rings. The van der Waals surface area contributed by atoms with Crippen LogP contribution in [0.3, 0.4) is 0 Å². The van der Waals surface area contributed by atoms with Gasteiger partial charge in [-0.15, -0.1) is 0 Å². The van der Waals surface area contributed by atoms with Crippen molar-refractivity contribution in [1.29, 1.82) is 0 Å². The van der Waals surface area contributed by atoms with Crippen LogP contribution in [-0.2, 0) is 21.2 Å². The van der Waals surface area contributed by atoms with Crippen molar-refractivity contribution in [2.24, 2.45) is 5.92 Å². The second-order valence-corrected chi connectivity index (χ2v) is 8.29.